The van der Waals surface area contributed by atoms with Gasteiger partial charge in [-0.25, -0.2) is 0 Å². The molecule has 0 saturated carbocycles. The summed E-state index contributed by atoms with van der Waals surface area (Å²) in [5.74, 6) is -0.341. The lowest BCUT2D eigenvalue weighted by atomic mass is 9.85. The van der Waals surface area contributed by atoms with Gasteiger partial charge < -0.3 is 4.74 Å². The normalized spacial score (nSPS) is 11.8. The van der Waals surface area contributed by atoms with E-state index in [0.29, 0.717) is 10.7 Å². The standard InChI is InChI=1S/C16H23Cl2NO2/c1-11(2)21-10-19(14(20)9-17)15-12(16(3,4)5)7-6-8-13(15)18/h6-8,11H,9-10H2,1-5H3. The molecule has 0 fully saturated rings. The Bertz CT molecular complexity index is 496. The number of halogens is 2. The van der Waals surface area contributed by atoms with Gasteiger partial charge in [0.15, 0.2) is 0 Å². The van der Waals surface area contributed by atoms with Crippen LogP contribution in [0.3, 0.4) is 0 Å². The first kappa shape index (κ1) is 18.3. The maximum absolute atomic E-state index is 12.2. The first-order valence-corrected chi connectivity index (χ1v) is 7.86. The van der Waals surface area contributed by atoms with Crippen LogP contribution < -0.4 is 4.90 Å². The van der Waals surface area contributed by atoms with Crippen molar-refractivity contribution in [3.63, 3.8) is 0 Å². The van der Waals surface area contributed by atoms with E-state index >= 15 is 0 Å². The Morgan fingerprint density at radius 3 is 2.43 bits per heavy atom. The molecule has 0 spiro atoms. The third kappa shape index (κ3) is 4.87. The Balaban J connectivity index is 3.32. The highest BCUT2D eigenvalue weighted by atomic mass is 35.5. The van der Waals surface area contributed by atoms with Crippen molar-refractivity contribution in [2.75, 3.05) is 17.5 Å². The van der Waals surface area contributed by atoms with Gasteiger partial charge in [0.1, 0.15) is 12.6 Å². The number of alkyl halides is 1. The number of para-hydroxylation sites is 1. The molecule has 0 radical (unpaired) electrons. The van der Waals surface area contributed by atoms with Crippen LogP contribution in [0.2, 0.25) is 5.02 Å². The van der Waals surface area contributed by atoms with Crippen molar-refractivity contribution < 1.29 is 9.53 Å². The molecule has 0 N–H and O–H groups in total. The summed E-state index contributed by atoms with van der Waals surface area (Å²) in [7, 11) is 0. The average Bonchev–Trinajstić information content (AvgIpc) is 2.38. The molecule has 0 unspecified atom stereocenters. The fourth-order valence-electron chi connectivity index (χ4n) is 1.95. The van der Waals surface area contributed by atoms with Gasteiger partial charge in [0.25, 0.3) is 0 Å². The van der Waals surface area contributed by atoms with Crippen molar-refractivity contribution in [1.82, 2.24) is 0 Å². The summed E-state index contributed by atoms with van der Waals surface area (Å²) in [6.45, 7) is 10.2. The summed E-state index contributed by atoms with van der Waals surface area (Å²) < 4.78 is 5.59. The summed E-state index contributed by atoms with van der Waals surface area (Å²) in [4.78, 5) is 13.7. The lowest BCUT2D eigenvalue weighted by molar-refractivity contribution is -0.117. The second kappa shape index (κ2) is 7.48. The number of rotatable bonds is 5. The van der Waals surface area contributed by atoms with Gasteiger partial charge in [0, 0.05) is 0 Å². The molecule has 0 aliphatic carbocycles. The molecule has 0 aliphatic heterocycles. The number of hydrogen-bond donors (Lipinski definition) is 0. The van der Waals surface area contributed by atoms with E-state index in [2.05, 4.69) is 20.8 Å². The van der Waals surface area contributed by atoms with Gasteiger partial charge >= 0.3 is 0 Å². The van der Waals surface area contributed by atoms with Gasteiger partial charge in [0.05, 0.1) is 16.8 Å². The fourth-order valence-corrected chi connectivity index (χ4v) is 2.37. The molecule has 21 heavy (non-hydrogen) atoms. The van der Waals surface area contributed by atoms with Crippen LogP contribution >= 0.6 is 23.2 Å². The Morgan fingerprint density at radius 2 is 1.95 bits per heavy atom. The van der Waals surface area contributed by atoms with Gasteiger partial charge in [-0.05, 0) is 30.9 Å². The molecule has 1 aromatic carbocycles. The number of carbonyl (C=O) groups excluding carboxylic acids is 1. The SMILES string of the molecule is CC(C)OCN(C(=O)CCl)c1c(Cl)cccc1C(C)(C)C. The van der Waals surface area contributed by atoms with Crippen LogP contribution in [0.25, 0.3) is 0 Å². The minimum Gasteiger partial charge on any atom is -0.358 e. The Kier molecular flexibility index (Phi) is 6.51. The topological polar surface area (TPSA) is 29.5 Å². The van der Waals surface area contributed by atoms with Gasteiger partial charge in [-0.1, -0.05) is 44.5 Å². The molecule has 1 amide bonds. The molecule has 0 aromatic heterocycles. The Labute approximate surface area is 137 Å². The van der Waals surface area contributed by atoms with E-state index in [0.717, 1.165) is 5.56 Å². The lowest BCUT2D eigenvalue weighted by Gasteiger charge is -2.31. The predicted octanol–water partition coefficient (Wildman–Crippen LogP) is 4.59. The highest BCUT2D eigenvalue weighted by Crippen LogP contribution is 2.37. The van der Waals surface area contributed by atoms with Crippen molar-refractivity contribution in [1.29, 1.82) is 0 Å². The summed E-state index contributed by atoms with van der Waals surface area (Å²) in [5.41, 5.74) is 1.52. The summed E-state index contributed by atoms with van der Waals surface area (Å²) in [6, 6.07) is 5.64. The average molecular weight is 332 g/mol. The zero-order valence-corrected chi connectivity index (χ0v) is 14.8. The van der Waals surface area contributed by atoms with Crippen molar-refractivity contribution in [2.45, 2.75) is 46.1 Å². The number of nitrogens with zero attached hydrogens (tertiary/aromatic N) is 1. The summed E-state index contributed by atoms with van der Waals surface area (Å²) in [5, 5.41) is 0.522. The first-order chi connectivity index (χ1) is 9.68. The minimum absolute atomic E-state index is 0.0104. The highest BCUT2D eigenvalue weighted by molar-refractivity contribution is 6.35. The Hall–Kier alpha value is -0.770. The van der Waals surface area contributed by atoms with Crippen molar-refractivity contribution in [2.24, 2.45) is 0 Å². The zero-order valence-electron chi connectivity index (χ0n) is 13.2. The number of benzene rings is 1. The van der Waals surface area contributed by atoms with Crippen molar-refractivity contribution in [3.8, 4) is 0 Å². The fraction of sp³-hybridized carbons (Fsp3) is 0.562. The number of anilines is 1. The number of hydrogen-bond acceptors (Lipinski definition) is 2. The van der Waals surface area contributed by atoms with E-state index in [1.165, 1.54) is 4.90 Å². The van der Waals surface area contributed by atoms with Crippen LogP contribution in [0.1, 0.15) is 40.2 Å². The van der Waals surface area contributed by atoms with E-state index < -0.39 is 0 Å². The Morgan fingerprint density at radius 1 is 1.33 bits per heavy atom. The van der Waals surface area contributed by atoms with Crippen LogP contribution in [-0.4, -0.2) is 24.6 Å². The number of amides is 1. The zero-order chi connectivity index (χ0) is 16.2. The number of carbonyl (C=O) groups is 1. The van der Waals surface area contributed by atoms with Crippen LogP contribution in [0.15, 0.2) is 18.2 Å². The second-order valence-corrected chi connectivity index (χ2v) is 6.86. The van der Waals surface area contributed by atoms with E-state index in [1.807, 2.05) is 26.0 Å². The van der Waals surface area contributed by atoms with Gasteiger partial charge in [-0.3, -0.25) is 9.69 Å². The summed E-state index contributed by atoms with van der Waals surface area (Å²) in [6.07, 6.45) is 0.0104. The van der Waals surface area contributed by atoms with Crippen molar-refractivity contribution >= 4 is 34.8 Å². The third-order valence-corrected chi connectivity index (χ3v) is 3.55. The molecule has 0 heterocycles. The molecular weight excluding hydrogens is 309 g/mol. The van der Waals surface area contributed by atoms with E-state index in [1.54, 1.807) is 6.07 Å². The highest BCUT2D eigenvalue weighted by Gasteiger charge is 2.26. The van der Waals surface area contributed by atoms with E-state index in [-0.39, 0.29) is 30.0 Å². The lowest BCUT2D eigenvalue weighted by Crippen LogP contribution is -2.37. The maximum atomic E-state index is 12.2. The molecule has 118 valence electrons. The molecule has 1 rings (SSSR count). The molecule has 0 atom stereocenters. The quantitative estimate of drug-likeness (QED) is 0.583. The predicted molar refractivity (Wildman–Crippen MR) is 89.4 cm³/mol. The van der Waals surface area contributed by atoms with Gasteiger partial charge in [0.2, 0.25) is 5.91 Å². The molecule has 0 bridgehead atoms. The minimum atomic E-state index is -0.226. The molecule has 3 nitrogen and oxygen atoms in total. The molecule has 5 heteroatoms. The molecule has 0 saturated heterocycles. The summed E-state index contributed by atoms with van der Waals surface area (Å²) >= 11 is 12.1. The monoisotopic (exact) mass is 331 g/mol. The van der Waals surface area contributed by atoms with Crippen LogP contribution in [0, 0.1) is 0 Å². The van der Waals surface area contributed by atoms with Crippen LogP contribution in [-0.2, 0) is 14.9 Å². The van der Waals surface area contributed by atoms with E-state index in [9.17, 15) is 4.79 Å². The van der Waals surface area contributed by atoms with Crippen LogP contribution in [0.4, 0.5) is 5.69 Å². The number of ether oxygens (including phenoxy) is 1. The van der Waals surface area contributed by atoms with Crippen molar-refractivity contribution in [3.05, 3.63) is 28.8 Å². The van der Waals surface area contributed by atoms with Crippen LogP contribution in [0.5, 0.6) is 0 Å². The third-order valence-electron chi connectivity index (χ3n) is 3.02. The van der Waals surface area contributed by atoms with Gasteiger partial charge in [-0.2, -0.15) is 0 Å². The molecule has 1 aromatic rings. The smallest absolute Gasteiger partial charge is 0.243 e. The van der Waals surface area contributed by atoms with E-state index in [4.69, 9.17) is 27.9 Å². The van der Waals surface area contributed by atoms with Gasteiger partial charge in [-0.15, -0.1) is 11.6 Å². The maximum Gasteiger partial charge on any atom is 0.243 e. The largest absolute Gasteiger partial charge is 0.358 e. The first-order valence-electron chi connectivity index (χ1n) is 6.95. The molecular formula is C16H23Cl2NO2. The second-order valence-electron chi connectivity index (χ2n) is 6.19. The molecule has 0 aliphatic rings.